The van der Waals surface area contributed by atoms with Crippen molar-refractivity contribution in [3.63, 3.8) is 0 Å². The van der Waals surface area contributed by atoms with Crippen molar-refractivity contribution in [1.82, 2.24) is 14.7 Å². The number of carbonyl (C=O) groups excluding carboxylic acids is 1. The molecule has 0 unspecified atom stereocenters. The largest absolute Gasteiger partial charge is 0.396 e. The van der Waals surface area contributed by atoms with Crippen molar-refractivity contribution in [2.24, 2.45) is 0 Å². The van der Waals surface area contributed by atoms with Gasteiger partial charge in [0.2, 0.25) is 5.91 Å². The van der Waals surface area contributed by atoms with Crippen molar-refractivity contribution >= 4 is 11.6 Å². The predicted octanol–water partition coefficient (Wildman–Crippen LogP) is 1.17. The van der Waals surface area contributed by atoms with Crippen LogP contribution in [-0.2, 0) is 17.8 Å². The minimum atomic E-state index is 0.0269. The van der Waals surface area contributed by atoms with Crippen LogP contribution in [0.5, 0.6) is 0 Å². The van der Waals surface area contributed by atoms with Gasteiger partial charge in [-0.1, -0.05) is 30.3 Å². The molecule has 0 aliphatic carbocycles. The molecule has 5 heteroatoms. The fourth-order valence-electron chi connectivity index (χ4n) is 1.79. The molecule has 0 atom stereocenters. The summed E-state index contributed by atoms with van der Waals surface area (Å²) in [5.74, 6) is 0.0269. The summed E-state index contributed by atoms with van der Waals surface area (Å²) in [6.07, 6.45) is 4.05. The molecule has 0 saturated carbocycles. The van der Waals surface area contributed by atoms with Crippen LogP contribution < -0.4 is 5.73 Å². The second kappa shape index (κ2) is 6.04. The van der Waals surface area contributed by atoms with E-state index in [1.54, 1.807) is 22.8 Å². The van der Waals surface area contributed by atoms with Crippen molar-refractivity contribution in [2.45, 2.75) is 13.0 Å². The summed E-state index contributed by atoms with van der Waals surface area (Å²) in [5.41, 5.74) is 7.35. The highest BCUT2D eigenvalue weighted by atomic mass is 16.2. The van der Waals surface area contributed by atoms with Gasteiger partial charge in [-0.05, 0) is 12.0 Å². The van der Waals surface area contributed by atoms with Gasteiger partial charge in [0.1, 0.15) is 6.54 Å². The topological polar surface area (TPSA) is 64.2 Å². The van der Waals surface area contributed by atoms with E-state index in [0.717, 1.165) is 6.42 Å². The number of aromatic nitrogens is 2. The second-order valence-electron chi connectivity index (χ2n) is 4.52. The maximum Gasteiger partial charge on any atom is 0.244 e. The Morgan fingerprint density at radius 1 is 1.37 bits per heavy atom. The van der Waals surface area contributed by atoms with Gasteiger partial charge >= 0.3 is 0 Å². The summed E-state index contributed by atoms with van der Waals surface area (Å²) in [6.45, 7) is 0.919. The quantitative estimate of drug-likeness (QED) is 0.875. The molecular formula is C14H18N4O. The summed E-state index contributed by atoms with van der Waals surface area (Å²) in [5, 5.41) is 4.00. The number of anilines is 1. The highest BCUT2D eigenvalue weighted by molar-refractivity contribution is 5.75. The van der Waals surface area contributed by atoms with Crippen LogP contribution in [0, 0.1) is 0 Å². The first kappa shape index (κ1) is 13.1. The van der Waals surface area contributed by atoms with Gasteiger partial charge in [-0.25, -0.2) is 0 Å². The molecule has 0 radical (unpaired) electrons. The van der Waals surface area contributed by atoms with Crippen molar-refractivity contribution in [2.75, 3.05) is 19.3 Å². The molecule has 0 aliphatic rings. The van der Waals surface area contributed by atoms with E-state index >= 15 is 0 Å². The molecule has 5 nitrogen and oxygen atoms in total. The number of likely N-dealkylation sites (N-methyl/N-ethyl adjacent to an activating group) is 1. The lowest BCUT2D eigenvalue weighted by Crippen LogP contribution is -2.32. The molecule has 0 saturated heterocycles. The summed E-state index contributed by atoms with van der Waals surface area (Å²) in [7, 11) is 1.80. The van der Waals surface area contributed by atoms with Crippen LogP contribution in [0.2, 0.25) is 0 Å². The number of hydrogen-bond donors (Lipinski definition) is 1. The number of amides is 1. The number of nitrogen functional groups attached to an aromatic ring is 1. The number of carbonyl (C=O) groups is 1. The molecular weight excluding hydrogens is 240 g/mol. The monoisotopic (exact) mass is 258 g/mol. The van der Waals surface area contributed by atoms with Crippen LogP contribution in [0.25, 0.3) is 0 Å². The third kappa shape index (κ3) is 3.84. The van der Waals surface area contributed by atoms with E-state index < -0.39 is 0 Å². The Balaban J connectivity index is 1.82. The zero-order chi connectivity index (χ0) is 13.7. The Morgan fingerprint density at radius 3 is 2.74 bits per heavy atom. The lowest BCUT2D eigenvalue weighted by atomic mass is 10.1. The number of nitrogens with zero attached hydrogens (tertiary/aromatic N) is 3. The molecule has 0 aliphatic heterocycles. The maximum absolute atomic E-state index is 12.0. The van der Waals surface area contributed by atoms with Crippen molar-refractivity contribution in [3.05, 3.63) is 48.3 Å². The van der Waals surface area contributed by atoms with Gasteiger partial charge < -0.3 is 10.6 Å². The van der Waals surface area contributed by atoms with Gasteiger partial charge in [0.25, 0.3) is 0 Å². The molecule has 1 amide bonds. The highest BCUT2D eigenvalue weighted by Crippen LogP contribution is 2.02. The average Bonchev–Trinajstić information content (AvgIpc) is 2.82. The first-order valence-electron chi connectivity index (χ1n) is 6.21. The molecule has 2 aromatic rings. The third-order valence-corrected chi connectivity index (χ3v) is 2.95. The number of hydrogen-bond acceptors (Lipinski definition) is 3. The van der Waals surface area contributed by atoms with Crippen molar-refractivity contribution in [1.29, 1.82) is 0 Å². The van der Waals surface area contributed by atoms with Crippen LogP contribution in [0.4, 0.5) is 5.69 Å². The predicted molar refractivity (Wildman–Crippen MR) is 74.4 cm³/mol. The maximum atomic E-state index is 12.0. The van der Waals surface area contributed by atoms with Crippen LogP contribution in [-0.4, -0.2) is 34.2 Å². The van der Waals surface area contributed by atoms with Gasteiger partial charge in [-0.2, -0.15) is 5.10 Å². The van der Waals surface area contributed by atoms with E-state index in [1.165, 1.54) is 11.8 Å². The number of benzene rings is 1. The Kier molecular flexibility index (Phi) is 4.18. The molecule has 0 bridgehead atoms. The van der Waals surface area contributed by atoms with Gasteiger partial charge in [0, 0.05) is 19.8 Å². The Morgan fingerprint density at radius 2 is 2.11 bits per heavy atom. The van der Waals surface area contributed by atoms with Crippen molar-refractivity contribution in [3.8, 4) is 0 Å². The number of nitrogens with two attached hydrogens (primary N) is 1. The molecule has 1 aromatic carbocycles. The smallest absolute Gasteiger partial charge is 0.244 e. The van der Waals surface area contributed by atoms with Gasteiger partial charge in [-0.3, -0.25) is 9.48 Å². The van der Waals surface area contributed by atoms with Crippen LogP contribution >= 0.6 is 0 Å². The molecule has 0 fully saturated rings. The van der Waals surface area contributed by atoms with E-state index in [9.17, 15) is 4.79 Å². The molecule has 2 N–H and O–H groups in total. The van der Waals surface area contributed by atoms with Gasteiger partial charge in [0.05, 0.1) is 11.9 Å². The zero-order valence-corrected chi connectivity index (χ0v) is 11.0. The summed E-state index contributed by atoms with van der Waals surface area (Å²) in [4.78, 5) is 13.7. The SMILES string of the molecule is CN(CCc1ccccc1)C(=O)Cn1cc(N)cn1. The molecule has 1 aromatic heterocycles. The van der Waals surface area contributed by atoms with Crippen LogP contribution in [0.3, 0.4) is 0 Å². The Labute approximate surface area is 112 Å². The molecule has 0 spiro atoms. The fraction of sp³-hybridized carbons (Fsp3) is 0.286. The Hall–Kier alpha value is -2.30. The van der Waals surface area contributed by atoms with E-state index in [2.05, 4.69) is 17.2 Å². The standard InChI is InChI=1S/C14H18N4O/c1-17(8-7-12-5-3-2-4-6-12)14(19)11-18-10-13(15)9-16-18/h2-6,9-10H,7-8,11,15H2,1H3. The van der Waals surface area contributed by atoms with E-state index in [0.29, 0.717) is 12.2 Å². The average molecular weight is 258 g/mol. The normalized spacial score (nSPS) is 10.4. The molecule has 1 heterocycles. The van der Waals surface area contributed by atoms with Crippen LogP contribution in [0.15, 0.2) is 42.7 Å². The van der Waals surface area contributed by atoms with Gasteiger partial charge in [0.15, 0.2) is 0 Å². The fourth-order valence-corrected chi connectivity index (χ4v) is 1.79. The minimum Gasteiger partial charge on any atom is -0.396 e. The third-order valence-electron chi connectivity index (χ3n) is 2.95. The zero-order valence-electron chi connectivity index (χ0n) is 11.0. The summed E-state index contributed by atoms with van der Waals surface area (Å²) in [6, 6.07) is 10.1. The lowest BCUT2D eigenvalue weighted by Gasteiger charge is -2.17. The van der Waals surface area contributed by atoms with Crippen LogP contribution in [0.1, 0.15) is 5.56 Å². The second-order valence-corrected chi connectivity index (χ2v) is 4.52. The van der Waals surface area contributed by atoms with E-state index in [-0.39, 0.29) is 12.5 Å². The lowest BCUT2D eigenvalue weighted by molar-refractivity contribution is -0.130. The van der Waals surface area contributed by atoms with E-state index in [4.69, 9.17) is 5.73 Å². The summed E-state index contributed by atoms with van der Waals surface area (Å²) >= 11 is 0. The minimum absolute atomic E-state index is 0.0269. The molecule has 100 valence electrons. The first-order chi connectivity index (χ1) is 9.15. The van der Waals surface area contributed by atoms with Gasteiger partial charge in [-0.15, -0.1) is 0 Å². The number of rotatable bonds is 5. The van der Waals surface area contributed by atoms with Crippen molar-refractivity contribution < 1.29 is 4.79 Å². The molecule has 2 rings (SSSR count). The highest BCUT2D eigenvalue weighted by Gasteiger charge is 2.09. The Bertz CT molecular complexity index is 535. The molecule has 19 heavy (non-hydrogen) atoms. The van der Waals surface area contributed by atoms with E-state index in [1.807, 2.05) is 18.2 Å². The summed E-state index contributed by atoms with van der Waals surface area (Å²) < 4.78 is 1.55. The first-order valence-corrected chi connectivity index (χ1v) is 6.21.